The van der Waals surface area contributed by atoms with Crippen molar-refractivity contribution in [1.29, 1.82) is 0 Å². The second-order valence-electron chi connectivity index (χ2n) is 12.6. The van der Waals surface area contributed by atoms with Gasteiger partial charge in [-0.15, -0.1) is 0 Å². The normalized spacial score (nSPS) is 47.6. The van der Waals surface area contributed by atoms with Gasteiger partial charge in [0.1, 0.15) is 0 Å². The van der Waals surface area contributed by atoms with Crippen LogP contribution in [0.4, 0.5) is 0 Å². The van der Waals surface area contributed by atoms with Gasteiger partial charge >= 0.3 is 0 Å². The van der Waals surface area contributed by atoms with Crippen LogP contribution < -0.4 is 0 Å². The molecule has 0 saturated heterocycles. The van der Waals surface area contributed by atoms with Gasteiger partial charge in [-0.25, -0.2) is 0 Å². The summed E-state index contributed by atoms with van der Waals surface area (Å²) in [4.78, 5) is 0. The fourth-order valence-electron chi connectivity index (χ4n) is 8.48. The highest BCUT2D eigenvalue weighted by molar-refractivity contribution is 5.26. The van der Waals surface area contributed by atoms with E-state index in [9.17, 15) is 15.3 Å². The monoisotopic (exact) mass is 418 g/mol. The predicted molar refractivity (Wildman–Crippen MR) is 122 cm³/mol. The lowest BCUT2D eigenvalue weighted by atomic mass is 9.46. The molecule has 4 aliphatic rings. The minimum atomic E-state index is -0.716. The van der Waals surface area contributed by atoms with Crippen LogP contribution in [0.25, 0.3) is 0 Å². The van der Waals surface area contributed by atoms with Gasteiger partial charge in [0.05, 0.1) is 11.2 Å². The minimum absolute atomic E-state index is 0.0724. The van der Waals surface area contributed by atoms with Gasteiger partial charge < -0.3 is 15.3 Å². The first kappa shape index (κ1) is 22.8. The molecule has 0 aromatic heterocycles. The maximum Gasteiger partial charge on any atom is 0.0657 e. The Morgan fingerprint density at radius 3 is 2.53 bits per heavy atom. The Labute approximate surface area is 184 Å². The van der Waals surface area contributed by atoms with Gasteiger partial charge in [0.25, 0.3) is 0 Å². The maximum atomic E-state index is 10.7. The zero-order chi connectivity index (χ0) is 21.8. The molecule has 0 heterocycles. The SMILES string of the molecule is CC(O)(CCO)CCC[C@H]1CC[C@H]2[C@@H]3CC=C4C[C@@](C)(O)CC[C@]4(C)[C@H]3CC[C@]12C. The summed E-state index contributed by atoms with van der Waals surface area (Å²) in [6, 6.07) is 0. The van der Waals surface area contributed by atoms with E-state index < -0.39 is 11.2 Å². The molecule has 0 aromatic rings. The third-order valence-electron chi connectivity index (χ3n) is 10.5. The van der Waals surface area contributed by atoms with Gasteiger partial charge in [0, 0.05) is 6.61 Å². The Morgan fingerprint density at radius 1 is 1.03 bits per heavy atom. The fourth-order valence-corrected chi connectivity index (χ4v) is 8.48. The Hall–Kier alpha value is -0.380. The molecular formula is C27H46O3. The second-order valence-corrected chi connectivity index (χ2v) is 12.6. The molecule has 1 unspecified atom stereocenters. The van der Waals surface area contributed by atoms with Crippen LogP contribution in [0.3, 0.4) is 0 Å². The molecule has 3 heteroatoms. The standard InChI is InChI=1S/C27H46O3/c1-24(29,16-17-28)12-5-6-19-8-10-22-21-9-7-20-18-25(2,30)14-15-27(20,4)23(21)11-13-26(19,22)3/h7,19,21-23,28-30H,5-6,8-18H2,1-4H3/t19-,21-,22-,23-,24?,25-,26+,27-/m0/s1. The summed E-state index contributed by atoms with van der Waals surface area (Å²) in [6.07, 6.45) is 15.8. The van der Waals surface area contributed by atoms with Crippen LogP contribution in [0.2, 0.25) is 0 Å². The molecule has 0 aromatic carbocycles. The number of rotatable bonds is 6. The Morgan fingerprint density at radius 2 is 1.80 bits per heavy atom. The third kappa shape index (κ3) is 3.92. The van der Waals surface area contributed by atoms with Crippen molar-refractivity contribution >= 4 is 0 Å². The summed E-state index contributed by atoms with van der Waals surface area (Å²) < 4.78 is 0. The van der Waals surface area contributed by atoms with Crippen molar-refractivity contribution in [3.63, 3.8) is 0 Å². The van der Waals surface area contributed by atoms with E-state index in [4.69, 9.17) is 0 Å². The van der Waals surface area contributed by atoms with Gasteiger partial charge in [-0.2, -0.15) is 0 Å². The van der Waals surface area contributed by atoms with Crippen molar-refractivity contribution < 1.29 is 15.3 Å². The molecular weight excluding hydrogens is 372 g/mol. The predicted octanol–water partition coefficient (Wildman–Crippen LogP) is 5.62. The van der Waals surface area contributed by atoms with Crippen LogP contribution in [0.5, 0.6) is 0 Å². The molecule has 3 fully saturated rings. The van der Waals surface area contributed by atoms with Crippen LogP contribution in [-0.4, -0.2) is 33.1 Å². The molecule has 4 aliphatic carbocycles. The van der Waals surface area contributed by atoms with Crippen molar-refractivity contribution in [3.8, 4) is 0 Å². The van der Waals surface area contributed by atoms with Crippen LogP contribution in [-0.2, 0) is 0 Å². The van der Waals surface area contributed by atoms with Gasteiger partial charge in [-0.1, -0.05) is 31.9 Å². The van der Waals surface area contributed by atoms with E-state index in [0.29, 0.717) is 17.3 Å². The van der Waals surface area contributed by atoms with Crippen molar-refractivity contribution in [3.05, 3.63) is 11.6 Å². The summed E-state index contributed by atoms with van der Waals surface area (Å²) in [5.74, 6) is 3.26. The van der Waals surface area contributed by atoms with Crippen molar-refractivity contribution in [2.75, 3.05) is 6.61 Å². The molecule has 0 aliphatic heterocycles. The van der Waals surface area contributed by atoms with E-state index in [1.807, 2.05) is 13.8 Å². The Kier molecular flexibility index (Phi) is 5.99. The van der Waals surface area contributed by atoms with E-state index in [0.717, 1.165) is 55.8 Å². The summed E-state index contributed by atoms with van der Waals surface area (Å²) in [5.41, 5.74) is 1.12. The second kappa shape index (κ2) is 7.89. The Balaban J connectivity index is 1.44. The fraction of sp³-hybridized carbons (Fsp3) is 0.926. The van der Waals surface area contributed by atoms with Gasteiger partial charge in [-0.3, -0.25) is 0 Å². The van der Waals surface area contributed by atoms with Crippen LogP contribution in [0.15, 0.2) is 11.6 Å². The smallest absolute Gasteiger partial charge is 0.0657 e. The summed E-state index contributed by atoms with van der Waals surface area (Å²) in [5, 5.41) is 30.3. The molecule has 0 bridgehead atoms. The topological polar surface area (TPSA) is 60.7 Å². The van der Waals surface area contributed by atoms with E-state index in [-0.39, 0.29) is 6.61 Å². The average Bonchev–Trinajstić information content (AvgIpc) is 2.99. The van der Waals surface area contributed by atoms with E-state index in [1.54, 1.807) is 5.57 Å². The molecule has 3 nitrogen and oxygen atoms in total. The van der Waals surface area contributed by atoms with E-state index in [1.165, 1.54) is 38.5 Å². The number of allylic oxidation sites excluding steroid dienone is 1. The summed E-state index contributed by atoms with van der Waals surface area (Å²) in [7, 11) is 0. The zero-order valence-corrected chi connectivity index (χ0v) is 19.9. The highest BCUT2D eigenvalue weighted by Gasteiger charge is 2.58. The average molecular weight is 419 g/mol. The summed E-state index contributed by atoms with van der Waals surface area (Å²) >= 11 is 0. The number of aliphatic hydroxyl groups is 3. The lowest BCUT2D eigenvalue weighted by Crippen LogP contribution is -2.51. The Bertz CT molecular complexity index is 665. The lowest BCUT2D eigenvalue weighted by molar-refractivity contribution is -0.0666. The first-order chi connectivity index (χ1) is 14.0. The molecule has 3 N–H and O–H groups in total. The number of fused-ring (bicyclic) bond motifs is 5. The minimum Gasteiger partial charge on any atom is -0.396 e. The largest absolute Gasteiger partial charge is 0.396 e. The van der Waals surface area contributed by atoms with Crippen LogP contribution >= 0.6 is 0 Å². The van der Waals surface area contributed by atoms with E-state index in [2.05, 4.69) is 19.9 Å². The quantitative estimate of drug-likeness (QED) is 0.491. The molecule has 0 amide bonds. The number of hydrogen-bond acceptors (Lipinski definition) is 3. The molecule has 0 radical (unpaired) electrons. The molecule has 0 spiro atoms. The maximum absolute atomic E-state index is 10.7. The first-order valence-corrected chi connectivity index (χ1v) is 12.8. The highest BCUT2D eigenvalue weighted by Crippen LogP contribution is 2.67. The molecule has 8 atom stereocenters. The van der Waals surface area contributed by atoms with Crippen LogP contribution in [0, 0.1) is 34.5 Å². The molecule has 4 rings (SSSR count). The van der Waals surface area contributed by atoms with Gasteiger partial charge in [0.15, 0.2) is 0 Å². The zero-order valence-electron chi connectivity index (χ0n) is 19.9. The van der Waals surface area contributed by atoms with Gasteiger partial charge in [0.2, 0.25) is 0 Å². The highest BCUT2D eigenvalue weighted by atomic mass is 16.3. The van der Waals surface area contributed by atoms with Gasteiger partial charge in [-0.05, 0) is 119 Å². The third-order valence-corrected chi connectivity index (χ3v) is 10.5. The molecule has 172 valence electrons. The molecule has 3 saturated carbocycles. The summed E-state index contributed by atoms with van der Waals surface area (Å²) in [6.45, 7) is 9.08. The number of aliphatic hydroxyl groups excluding tert-OH is 1. The van der Waals surface area contributed by atoms with Crippen molar-refractivity contribution in [1.82, 2.24) is 0 Å². The van der Waals surface area contributed by atoms with E-state index >= 15 is 0 Å². The molecule has 30 heavy (non-hydrogen) atoms. The van der Waals surface area contributed by atoms with Crippen LogP contribution in [0.1, 0.15) is 105 Å². The first-order valence-electron chi connectivity index (χ1n) is 12.8. The van der Waals surface area contributed by atoms with Crippen molar-refractivity contribution in [2.45, 2.75) is 116 Å². The lowest BCUT2D eigenvalue weighted by Gasteiger charge is -2.59. The van der Waals surface area contributed by atoms with Crippen molar-refractivity contribution in [2.24, 2.45) is 34.5 Å². The number of hydrogen-bond donors (Lipinski definition) is 3.